The molecule has 2 aromatic rings. The van der Waals surface area contributed by atoms with Gasteiger partial charge in [-0.25, -0.2) is 8.42 Å². The highest BCUT2D eigenvalue weighted by Gasteiger charge is 2.24. The molecule has 2 aromatic carbocycles. The summed E-state index contributed by atoms with van der Waals surface area (Å²) in [7, 11) is -0.971. The van der Waals surface area contributed by atoms with Crippen LogP contribution in [0.5, 0.6) is 11.5 Å². The Morgan fingerprint density at radius 2 is 1.75 bits per heavy atom. The monoisotopic (exact) mass is 404 g/mol. The quantitative estimate of drug-likeness (QED) is 0.800. The molecule has 0 bridgehead atoms. The number of nitrogens with one attached hydrogen (secondary N) is 1. The van der Waals surface area contributed by atoms with Crippen LogP contribution in [-0.2, 0) is 10.0 Å². The van der Waals surface area contributed by atoms with E-state index in [0.29, 0.717) is 30.2 Å². The standard InChI is InChI=1S/C20H24N2O5S/c1-14-6-8-16(13-17(14)20(23)22-10-4-5-11-22)28(24,25)21-18-12-15(26-2)7-9-19(18)27-3/h6-9,12-13,21H,4-5,10-11H2,1-3H3. The van der Waals surface area contributed by atoms with Crippen LogP contribution in [0.25, 0.3) is 0 Å². The van der Waals surface area contributed by atoms with Crippen molar-refractivity contribution in [2.45, 2.75) is 24.7 Å². The molecular weight excluding hydrogens is 380 g/mol. The summed E-state index contributed by atoms with van der Waals surface area (Å²) in [4.78, 5) is 14.5. The van der Waals surface area contributed by atoms with Gasteiger partial charge in [0, 0.05) is 24.7 Å². The molecule has 0 unspecified atom stereocenters. The van der Waals surface area contributed by atoms with Crippen molar-refractivity contribution in [3.05, 3.63) is 47.5 Å². The van der Waals surface area contributed by atoms with Gasteiger partial charge in [-0.15, -0.1) is 0 Å². The summed E-state index contributed by atoms with van der Waals surface area (Å²) < 4.78 is 38.8. The average molecular weight is 404 g/mol. The van der Waals surface area contributed by atoms with Gasteiger partial charge in [0.25, 0.3) is 15.9 Å². The lowest BCUT2D eigenvalue weighted by Gasteiger charge is -2.18. The Hall–Kier alpha value is -2.74. The van der Waals surface area contributed by atoms with Crippen LogP contribution in [0.1, 0.15) is 28.8 Å². The van der Waals surface area contributed by atoms with Crippen molar-refractivity contribution in [2.75, 3.05) is 32.0 Å². The predicted molar refractivity (Wildman–Crippen MR) is 107 cm³/mol. The second kappa shape index (κ2) is 8.10. The van der Waals surface area contributed by atoms with Gasteiger partial charge in [0.2, 0.25) is 0 Å². The van der Waals surface area contributed by atoms with Gasteiger partial charge in [0.1, 0.15) is 11.5 Å². The molecule has 7 nitrogen and oxygen atoms in total. The van der Waals surface area contributed by atoms with Crippen LogP contribution < -0.4 is 14.2 Å². The van der Waals surface area contributed by atoms with E-state index < -0.39 is 10.0 Å². The van der Waals surface area contributed by atoms with Crippen molar-refractivity contribution in [3.8, 4) is 11.5 Å². The molecule has 1 fully saturated rings. The summed E-state index contributed by atoms with van der Waals surface area (Å²) in [5.41, 5.74) is 1.41. The SMILES string of the molecule is COc1ccc(OC)c(NS(=O)(=O)c2ccc(C)c(C(=O)N3CCCC3)c2)c1. The number of ether oxygens (including phenoxy) is 2. The van der Waals surface area contributed by atoms with E-state index >= 15 is 0 Å². The van der Waals surface area contributed by atoms with Gasteiger partial charge in [-0.2, -0.15) is 0 Å². The van der Waals surface area contributed by atoms with E-state index in [2.05, 4.69) is 4.72 Å². The highest BCUT2D eigenvalue weighted by molar-refractivity contribution is 7.92. The van der Waals surface area contributed by atoms with Crippen LogP contribution in [-0.4, -0.2) is 46.5 Å². The van der Waals surface area contributed by atoms with Crippen LogP contribution >= 0.6 is 0 Å². The van der Waals surface area contributed by atoms with Gasteiger partial charge in [0.05, 0.1) is 24.8 Å². The molecule has 1 heterocycles. The van der Waals surface area contributed by atoms with Crippen molar-refractivity contribution in [3.63, 3.8) is 0 Å². The van der Waals surface area contributed by atoms with Gasteiger partial charge in [-0.1, -0.05) is 6.07 Å². The van der Waals surface area contributed by atoms with Crippen molar-refractivity contribution < 1.29 is 22.7 Å². The lowest BCUT2D eigenvalue weighted by Crippen LogP contribution is -2.28. The third-order valence-corrected chi connectivity index (χ3v) is 6.16. The number of hydrogen-bond donors (Lipinski definition) is 1. The first kappa shape index (κ1) is 20.0. The Labute approximate surface area is 165 Å². The maximum Gasteiger partial charge on any atom is 0.262 e. The molecule has 0 radical (unpaired) electrons. The fraction of sp³-hybridized carbons (Fsp3) is 0.350. The minimum atomic E-state index is -3.92. The summed E-state index contributed by atoms with van der Waals surface area (Å²) in [6.07, 6.45) is 1.94. The van der Waals surface area contributed by atoms with E-state index in [9.17, 15) is 13.2 Å². The number of hydrogen-bond acceptors (Lipinski definition) is 5. The van der Waals surface area contributed by atoms with Gasteiger partial charge in [-0.3, -0.25) is 9.52 Å². The zero-order valence-electron chi connectivity index (χ0n) is 16.2. The third-order valence-electron chi connectivity index (χ3n) is 4.79. The van der Waals surface area contributed by atoms with E-state index in [4.69, 9.17) is 9.47 Å². The number of nitrogens with zero attached hydrogens (tertiary/aromatic N) is 1. The number of aryl methyl sites for hydroxylation is 1. The normalized spacial score (nSPS) is 14.0. The Balaban J connectivity index is 1.94. The second-order valence-corrected chi connectivity index (χ2v) is 8.33. The second-order valence-electron chi connectivity index (χ2n) is 6.65. The molecule has 1 aliphatic rings. The highest BCUT2D eigenvalue weighted by atomic mass is 32.2. The Morgan fingerprint density at radius 1 is 1.04 bits per heavy atom. The van der Waals surface area contributed by atoms with E-state index in [1.54, 1.807) is 36.1 Å². The van der Waals surface area contributed by atoms with Gasteiger partial charge < -0.3 is 14.4 Å². The van der Waals surface area contributed by atoms with Crippen molar-refractivity contribution >= 4 is 21.6 Å². The molecule has 0 saturated carbocycles. The Bertz CT molecular complexity index is 982. The molecule has 1 saturated heterocycles. The summed E-state index contributed by atoms with van der Waals surface area (Å²) in [6, 6.07) is 9.42. The number of likely N-dealkylation sites (tertiary alicyclic amines) is 1. The first-order valence-electron chi connectivity index (χ1n) is 9.00. The Kier molecular flexibility index (Phi) is 5.79. The third kappa shape index (κ3) is 4.06. The van der Waals surface area contributed by atoms with Crippen LogP contribution in [0.4, 0.5) is 5.69 Å². The molecule has 1 N–H and O–H groups in total. The minimum Gasteiger partial charge on any atom is -0.497 e. The fourth-order valence-electron chi connectivity index (χ4n) is 3.19. The highest BCUT2D eigenvalue weighted by Crippen LogP contribution is 2.31. The van der Waals surface area contributed by atoms with Crippen LogP contribution in [0.2, 0.25) is 0 Å². The zero-order chi connectivity index (χ0) is 20.3. The van der Waals surface area contributed by atoms with E-state index in [-0.39, 0.29) is 16.5 Å². The van der Waals surface area contributed by atoms with Crippen LogP contribution in [0, 0.1) is 6.92 Å². The summed E-state index contributed by atoms with van der Waals surface area (Å²) in [5, 5.41) is 0. The number of rotatable bonds is 6. The molecule has 0 atom stereocenters. The van der Waals surface area contributed by atoms with Crippen molar-refractivity contribution in [1.29, 1.82) is 0 Å². The number of sulfonamides is 1. The molecule has 0 aromatic heterocycles. The number of carbonyl (C=O) groups excluding carboxylic acids is 1. The molecule has 1 amide bonds. The maximum atomic E-state index is 12.9. The number of carbonyl (C=O) groups is 1. The van der Waals surface area contributed by atoms with Gasteiger partial charge in [0.15, 0.2) is 0 Å². The molecule has 3 rings (SSSR count). The number of anilines is 1. The first-order chi connectivity index (χ1) is 13.4. The van der Waals surface area contributed by atoms with Gasteiger partial charge in [-0.05, 0) is 49.6 Å². The number of amides is 1. The largest absolute Gasteiger partial charge is 0.497 e. The zero-order valence-corrected chi connectivity index (χ0v) is 17.0. The van der Waals surface area contributed by atoms with Crippen LogP contribution in [0.15, 0.2) is 41.3 Å². The van der Waals surface area contributed by atoms with E-state index in [1.807, 2.05) is 0 Å². The van der Waals surface area contributed by atoms with Gasteiger partial charge >= 0.3 is 0 Å². The molecule has 1 aliphatic heterocycles. The fourth-order valence-corrected chi connectivity index (χ4v) is 4.27. The summed E-state index contributed by atoms with van der Waals surface area (Å²) >= 11 is 0. The Morgan fingerprint density at radius 3 is 2.39 bits per heavy atom. The molecular formula is C20H24N2O5S. The van der Waals surface area contributed by atoms with Crippen LogP contribution in [0.3, 0.4) is 0 Å². The minimum absolute atomic E-state index is 0.0190. The van der Waals surface area contributed by atoms with E-state index in [1.165, 1.54) is 26.4 Å². The van der Waals surface area contributed by atoms with Crippen molar-refractivity contribution in [1.82, 2.24) is 4.90 Å². The lowest BCUT2D eigenvalue weighted by molar-refractivity contribution is 0.0792. The molecule has 28 heavy (non-hydrogen) atoms. The smallest absolute Gasteiger partial charge is 0.262 e. The molecule has 0 spiro atoms. The van der Waals surface area contributed by atoms with Crippen molar-refractivity contribution in [2.24, 2.45) is 0 Å². The predicted octanol–water partition coefficient (Wildman–Crippen LogP) is 3.05. The lowest BCUT2D eigenvalue weighted by atomic mass is 10.1. The summed E-state index contributed by atoms with van der Waals surface area (Å²) in [6.45, 7) is 3.21. The average Bonchev–Trinajstić information content (AvgIpc) is 3.22. The molecule has 8 heteroatoms. The maximum absolute atomic E-state index is 12.9. The molecule has 0 aliphatic carbocycles. The number of methoxy groups -OCH3 is 2. The topological polar surface area (TPSA) is 84.9 Å². The first-order valence-corrected chi connectivity index (χ1v) is 10.5. The van der Waals surface area contributed by atoms with E-state index in [0.717, 1.165) is 18.4 Å². The number of benzene rings is 2. The molecule has 150 valence electrons. The summed E-state index contributed by atoms with van der Waals surface area (Å²) in [5.74, 6) is 0.725.